The lowest BCUT2D eigenvalue weighted by molar-refractivity contribution is -0.274. The molecule has 2 aromatic heterocycles. The molecule has 1 saturated heterocycles. The highest BCUT2D eigenvalue weighted by Crippen LogP contribution is 2.63. The number of piperidine rings is 1. The van der Waals surface area contributed by atoms with Crippen molar-refractivity contribution in [2.24, 2.45) is 12.5 Å². The maximum atomic E-state index is 13.3. The van der Waals surface area contributed by atoms with Gasteiger partial charge in [0.1, 0.15) is 17.2 Å². The minimum atomic E-state index is -4.85. The van der Waals surface area contributed by atoms with Gasteiger partial charge in [-0.2, -0.15) is 5.10 Å². The highest BCUT2D eigenvalue weighted by atomic mass is 19.4. The van der Waals surface area contributed by atoms with Crippen LogP contribution in [0.5, 0.6) is 5.75 Å². The molecule has 41 heavy (non-hydrogen) atoms. The molecule has 3 aliphatic rings. The van der Waals surface area contributed by atoms with Gasteiger partial charge >= 0.3 is 12.3 Å². The maximum absolute atomic E-state index is 13.3. The van der Waals surface area contributed by atoms with Crippen LogP contribution in [0.25, 0.3) is 33.3 Å². The highest BCUT2D eigenvalue weighted by Gasteiger charge is 2.49. The Labute approximate surface area is 232 Å². The molecule has 4 aromatic rings. The van der Waals surface area contributed by atoms with Gasteiger partial charge in [0.2, 0.25) is 0 Å². The number of alkyl halides is 3. The van der Waals surface area contributed by atoms with Crippen molar-refractivity contribution in [3.05, 3.63) is 65.0 Å². The first-order valence-corrected chi connectivity index (χ1v) is 13.6. The Morgan fingerprint density at radius 3 is 2.63 bits per heavy atom. The van der Waals surface area contributed by atoms with Crippen molar-refractivity contribution >= 4 is 28.0 Å². The third-order valence-electron chi connectivity index (χ3n) is 8.59. The van der Waals surface area contributed by atoms with Crippen molar-refractivity contribution in [1.82, 2.24) is 20.3 Å². The number of carboxylic acids is 1. The lowest BCUT2D eigenvalue weighted by Gasteiger charge is -2.49. The zero-order valence-electron chi connectivity index (χ0n) is 22.2. The summed E-state index contributed by atoms with van der Waals surface area (Å²) in [6.45, 7) is 1.70. The molecule has 2 N–H and O–H groups in total. The number of ether oxygens (including phenoxy) is 1. The fraction of sp³-hybridized carbons (Fsp3) is 0.367. The molecule has 1 spiro atoms. The van der Waals surface area contributed by atoms with E-state index >= 15 is 0 Å². The van der Waals surface area contributed by atoms with Gasteiger partial charge in [-0.3, -0.25) is 4.68 Å². The van der Waals surface area contributed by atoms with E-state index in [1.165, 1.54) is 12.1 Å². The van der Waals surface area contributed by atoms with Crippen molar-refractivity contribution in [2.75, 3.05) is 13.1 Å². The molecule has 1 saturated carbocycles. The molecule has 1 aliphatic heterocycles. The van der Waals surface area contributed by atoms with Crippen molar-refractivity contribution < 1.29 is 32.3 Å². The van der Waals surface area contributed by atoms with Gasteiger partial charge in [0, 0.05) is 34.9 Å². The van der Waals surface area contributed by atoms with Crippen LogP contribution >= 0.6 is 0 Å². The Bertz CT molecular complexity index is 1730. The van der Waals surface area contributed by atoms with Crippen LogP contribution in [0.15, 0.2) is 47.0 Å². The van der Waals surface area contributed by atoms with Crippen LogP contribution in [0.4, 0.5) is 13.2 Å². The highest BCUT2D eigenvalue weighted by molar-refractivity contribution is 6.07. The third kappa shape index (κ3) is 4.30. The fourth-order valence-electron chi connectivity index (χ4n) is 6.60. The molecule has 2 aliphatic carbocycles. The normalized spacial score (nSPS) is 18.6. The van der Waals surface area contributed by atoms with E-state index in [4.69, 9.17) is 4.52 Å². The molecule has 3 heterocycles. The van der Waals surface area contributed by atoms with Gasteiger partial charge < -0.3 is 19.7 Å². The van der Waals surface area contributed by atoms with Gasteiger partial charge in [0.25, 0.3) is 0 Å². The minimum absolute atomic E-state index is 0.00736. The van der Waals surface area contributed by atoms with E-state index in [0.29, 0.717) is 22.4 Å². The molecule has 2 fully saturated rings. The number of rotatable bonds is 6. The Morgan fingerprint density at radius 1 is 1.17 bits per heavy atom. The van der Waals surface area contributed by atoms with Crippen molar-refractivity contribution in [1.29, 1.82) is 0 Å². The monoisotopic (exact) mass is 564 g/mol. The van der Waals surface area contributed by atoms with Crippen LogP contribution < -0.4 is 10.1 Å². The van der Waals surface area contributed by atoms with E-state index < -0.39 is 12.3 Å². The van der Waals surface area contributed by atoms with Crippen LogP contribution in [0.2, 0.25) is 0 Å². The zero-order valence-corrected chi connectivity index (χ0v) is 22.2. The SMILES string of the molecule is Cn1nc(C(=O)O)c2ccc(C3=C(c4c(-c5ccccc5OC(F)(F)F)noc4C4CC4)CC34CCNCC4)cc21. The number of allylic oxidation sites excluding steroid dienone is 2. The fourth-order valence-corrected chi connectivity index (χ4v) is 6.60. The number of nitrogens with zero attached hydrogens (tertiary/aromatic N) is 3. The average Bonchev–Trinajstić information content (AvgIpc) is 3.60. The van der Waals surface area contributed by atoms with Gasteiger partial charge in [-0.15, -0.1) is 13.2 Å². The first-order chi connectivity index (χ1) is 19.7. The number of benzene rings is 2. The van der Waals surface area contributed by atoms with E-state index in [-0.39, 0.29) is 28.3 Å². The van der Waals surface area contributed by atoms with Crippen molar-refractivity contribution in [2.45, 2.75) is 44.4 Å². The smallest absolute Gasteiger partial charge is 0.476 e. The predicted octanol–water partition coefficient (Wildman–Crippen LogP) is 6.39. The molecule has 11 heteroatoms. The first-order valence-electron chi connectivity index (χ1n) is 13.6. The molecule has 0 unspecified atom stereocenters. The van der Waals surface area contributed by atoms with E-state index in [0.717, 1.165) is 67.5 Å². The Kier molecular flexibility index (Phi) is 5.79. The standard InChI is InChI=1S/C30H27F3N4O4/c1-37-21-14-17(8-9-18(21)26(35-37)28(38)39)24-20(15-29(24)10-12-34-13-11-29)23-25(36-41-27(23)16-6-7-16)19-4-2-3-5-22(19)40-30(31,32)33/h2-5,8-9,14,16,34H,6-7,10-13,15H2,1H3,(H,38,39). The second-order valence-electron chi connectivity index (χ2n) is 11.2. The summed E-state index contributed by atoms with van der Waals surface area (Å²) in [7, 11) is 1.72. The molecule has 0 bridgehead atoms. The number of para-hydroxylation sites is 1. The Hall–Kier alpha value is -4.12. The van der Waals surface area contributed by atoms with E-state index in [1.807, 2.05) is 12.1 Å². The molecule has 0 radical (unpaired) electrons. The number of carbonyl (C=O) groups is 1. The molecule has 2 aromatic carbocycles. The van der Waals surface area contributed by atoms with E-state index in [9.17, 15) is 23.1 Å². The Morgan fingerprint density at radius 2 is 1.93 bits per heavy atom. The molecule has 8 nitrogen and oxygen atoms in total. The molecule has 7 rings (SSSR count). The molecular weight excluding hydrogens is 537 g/mol. The predicted molar refractivity (Wildman–Crippen MR) is 144 cm³/mol. The topological polar surface area (TPSA) is 102 Å². The first kappa shape index (κ1) is 25.8. The van der Waals surface area contributed by atoms with Gasteiger partial charge in [-0.1, -0.05) is 23.4 Å². The zero-order chi connectivity index (χ0) is 28.5. The number of hydrogen-bond acceptors (Lipinski definition) is 6. The molecule has 0 atom stereocenters. The van der Waals surface area contributed by atoms with Gasteiger partial charge in [-0.05, 0) is 86.2 Å². The van der Waals surface area contributed by atoms with E-state index in [1.54, 1.807) is 29.9 Å². The van der Waals surface area contributed by atoms with Gasteiger partial charge in [0.05, 0.1) is 5.52 Å². The number of halogens is 3. The molecular formula is C30H27F3N4O4. The number of aromatic nitrogens is 3. The van der Waals surface area contributed by atoms with Crippen LogP contribution in [0.1, 0.15) is 65.4 Å². The van der Waals surface area contributed by atoms with Gasteiger partial charge in [-0.25, -0.2) is 4.79 Å². The summed E-state index contributed by atoms with van der Waals surface area (Å²) in [5.41, 5.74) is 4.94. The summed E-state index contributed by atoms with van der Waals surface area (Å²) in [5.74, 6) is -0.553. The molecule has 212 valence electrons. The molecule has 0 amide bonds. The number of aromatic carboxylic acids is 1. The Balaban J connectivity index is 1.45. The summed E-state index contributed by atoms with van der Waals surface area (Å²) >= 11 is 0. The van der Waals surface area contributed by atoms with E-state index in [2.05, 4.69) is 20.3 Å². The number of hydrogen-bond donors (Lipinski definition) is 2. The number of aryl methyl sites for hydroxylation is 1. The summed E-state index contributed by atoms with van der Waals surface area (Å²) in [6.07, 6.45) is -0.444. The van der Waals surface area contributed by atoms with Crippen LogP contribution in [0, 0.1) is 5.41 Å². The lowest BCUT2D eigenvalue weighted by Crippen LogP contribution is -2.42. The van der Waals surface area contributed by atoms with Crippen LogP contribution in [-0.2, 0) is 7.05 Å². The van der Waals surface area contributed by atoms with Crippen LogP contribution in [-0.4, -0.2) is 45.5 Å². The maximum Gasteiger partial charge on any atom is 0.573 e. The lowest BCUT2D eigenvalue weighted by atomic mass is 9.56. The van der Waals surface area contributed by atoms with Crippen LogP contribution in [0.3, 0.4) is 0 Å². The summed E-state index contributed by atoms with van der Waals surface area (Å²) < 4.78 is 51.8. The van der Waals surface area contributed by atoms with Crippen molar-refractivity contribution in [3.63, 3.8) is 0 Å². The van der Waals surface area contributed by atoms with Gasteiger partial charge in [0.15, 0.2) is 5.69 Å². The summed E-state index contributed by atoms with van der Waals surface area (Å²) in [6, 6.07) is 11.7. The third-order valence-corrected chi connectivity index (χ3v) is 8.59. The number of carboxylic acid groups (broad SMARTS) is 1. The number of fused-ring (bicyclic) bond motifs is 1. The summed E-state index contributed by atoms with van der Waals surface area (Å²) in [5, 5.41) is 22.2. The van der Waals surface area contributed by atoms with Crippen molar-refractivity contribution in [3.8, 4) is 17.0 Å². The largest absolute Gasteiger partial charge is 0.573 e. The summed E-state index contributed by atoms with van der Waals surface area (Å²) in [4.78, 5) is 11.8. The number of nitrogens with one attached hydrogen (secondary N) is 1. The quantitative estimate of drug-likeness (QED) is 0.280. The second-order valence-corrected chi connectivity index (χ2v) is 11.2. The average molecular weight is 565 g/mol. The second kappa shape index (κ2) is 9.20. The minimum Gasteiger partial charge on any atom is -0.476 e.